The summed E-state index contributed by atoms with van der Waals surface area (Å²) in [5.74, 6) is 0. The van der Waals surface area contributed by atoms with Crippen LogP contribution in [-0.2, 0) is 0 Å². The highest BCUT2D eigenvalue weighted by atomic mass is 15.1. The molecular weight excluding hydrogens is 835 g/mol. The third-order valence-corrected chi connectivity index (χ3v) is 13.7. The maximum Gasteiger partial charge on any atom is 0.0541 e. The second-order valence-electron chi connectivity index (χ2n) is 17.8. The van der Waals surface area contributed by atoms with E-state index in [0.29, 0.717) is 0 Å². The fraction of sp³-hybridized carbons (Fsp3) is 0. The first-order valence-corrected chi connectivity index (χ1v) is 23.7. The van der Waals surface area contributed by atoms with Crippen molar-refractivity contribution in [2.24, 2.45) is 0 Å². The van der Waals surface area contributed by atoms with Gasteiger partial charge >= 0.3 is 0 Å². The van der Waals surface area contributed by atoms with E-state index in [1.807, 2.05) is 0 Å². The van der Waals surface area contributed by atoms with Crippen molar-refractivity contribution in [2.75, 3.05) is 4.90 Å². The Labute approximate surface area is 401 Å². The number of anilines is 3. The Hall–Kier alpha value is -9.18. The summed E-state index contributed by atoms with van der Waals surface area (Å²) in [7, 11) is 0. The van der Waals surface area contributed by atoms with E-state index in [1.165, 1.54) is 82.6 Å². The fourth-order valence-electron chi connectivity index (χ4n) is 10.4. The minimum atomic E-state index is 1.09. The van der Waals surface area contributed by atoms with Crippen LogP contribution in [0.3, 0.4) is 0 Å². The van der Waals surface area contributed by atoms with Gasteiger partial charge in [-0.15, -0.1) is 0 Å². The van der Waals surface area contributed by atoms with Crippen molar-refractivity contribution in [3.8, 4) is 55.9 Å². The molecule has 3 nitrogen and oxygen atoms in total. The van der Waals surface area contributed by atoms with Gasteiger partial charge in [-0.25, -0.2) is 0 Å². The van der Waals surface area contributed by atoms with Gasteiger partial charge in [0.2, 0.25) is 0 Å². The highest BCUT2D eigenvalue weighted by Crippen LogP contribution is 2.42. The zero-order chi connectivity index (χ0) is 45.7. The van der Waals surface area contributed by atoms with Crippen molar-refractivity contribution in [2.45, 2.75) is 0 Å². The van der Waals surface area contributed by atoms with E-state index in [9.17, 15) is 0 Å². The molecule has 13 rings (SSSR count). The molecule has 0 aliphatic rings. The quantitative estimate of drug-likeness (QED) is 0.141. The van der Waals surface area contributed by atoms with Gasteiger partial charge in [0.1, 0.15) is 0 Å². The summed E-state index contributed by atoms with van der Waals surface area (Å²) in [6, 6.07) is 99.1. The van der Waals surface area contributed by atoms with E-state index in [0.717, 1.165) is 34.0 Å². The summed E-state index contributed by atoms with van der Waals surface area (Å²) in [6.45, 7) is 0. The van der Waals surface area contributed by atoms with Crippen LogP contribution in [0.1, 0.15) is 0 Å². The monoisotopic (exact) mass is 879 g/mol. The predicted molar refractivity (Wildman–Crippen MR) is 292 cm³/mol. The molecule has 0 fully saturated rings. The van der Waals surface area contributed by atoms with Crippen molar-refractivity contribution in [3.63, 3.8) is 0 Å². The lowest BCUT2D eigenvalue weighted by Crippen LogP contribution is -2.10. The Morgan fingerprint density at radius 1 is 0.203 bits per heavy atom. The number of hydrogen-bond acceptors (Lipinski definition) is 1. The zero-order valence-electron chi connectivity index (χ0n) is 37.8. The summed E-state index contributed by atoms with van der Waals surface area (Å²) < 4.78 is 4.78. The van der Waals surface area contributed by atoms with Crippen molar-refractivity contribution >= 4 is 60.7 Å². The lowest BCUT2D eigenvalue weighted by atomic mass is 9.97. The lowest BCUT2D eigenvalue weighted by Gasteiger charge is -2.27. The second-order valence-corrected chi connectivity index (χ2v) is 17.8. The fourth-order valence-corrected chi connectivity index (χ4v) is 10.4. The first-order valence-electron chi connectivity index (χ1n) is 23.7. The van der Waals surface area contributed by atoms with Crippen LogP contribution in [0.5, 0.6) is 0 Å². The number of fused-ring (bicyclic) bond motifs is 6. The van der Waals surface area contributed by atoms with Crippen LogP contribution < -0.4 is 4.90 Å². The number of aromatic nitrogens is 2. The van der Waals surface area contributed by atoms with Crippen molar-refractivity contribution in [1.82, 2.24) is 9.13 Å². The summed E-state index contributed by atoms with van der Waals surface area (Å²) >= 11 is 0. The Balaban J connectivity index is 0.928. The van der Waals surface area contributed by atoms with Gasteiger partial charge in [0.05, 0.1) is 22.1 Å². The topological polar surface area (TPSA) is 13.1 Å². The number of rotatable bonds is 9. The normalized spacial score (nSPS) is 11.5. The highest BCUT2D eigenvalue weighted by Gasteiger charge is 2.19. The van der Waals surface area contributed by atoms with Crippen LogP contribution in [0.2, 0.25) is 0 Å². The first kappa shape index (κ1) is 40.1. The molecule has 0 unspecified atom stereocenters. The molecule has 0 atom stereocenters. The smallest absolute Gasteiger partial charge is 0.0541 e. The highest BCUT2D eigenvalue weighted by molar-refractivity contribution is 6.13. The Bertz CT molecular complexity index is 3910. The van der Waals surface area contributed by atoms with Gasteiger partial charge in [-0.2, -0.15) is 0 Å². The van der Waals surface area contributed by atoms with Crippen LogP contribution in [-0.4, -0.2) is 9.13 Å². The molecule has 2 heterocycles. The zero-order valence-corrected chi connectivity index (χ0v) is 37.8. The van der Waals surface area contributed by atoms with Gasteiger partial charge in [-0.05, 0) is 154 Å². The molecule has 0 aliphatic carbocycles. The molecule has 0 N–H and O–H groups in total. The molecular formula is C66H45N3. The van der Waals surface area contributed by atoms with Crippen LogP contribution in [0.25, 0.3) is 99.5 Å². The van der Waals surface area contributed by atoms with E-state index >= 15 is 0 Å². The third kappa shape index (κ3) is 7.16. The van der Waals surface area contributed by atoms with E-state index in [1.54, 1.807) is 0 Å². The Morgan fingerprint density at radius 2 is 0.551 bits per heavy atom. The molecule has 0 radical (unpaired) electrons. The predicted octanol–water partition coefficient (Wildman–Crippen LogP) is 18.0. The average Bonchev–Trinajstić information content (AvgIpc) is 3.94. The van der Waals surface area contributed by atoms with Gasteiger partial charge < -0.3 is 14.0 Å². The maximum atomic E-state index is 2.41. The molecule has 0 saturated heterocycles. The van der Waals surface area contributed by atoms with E-state index in [2.05, 4.69) is 287 Å². The summed E-state index contributed by atoms with van der Waals surface area (Å²) in [6.07, 6.45) is 0. The van der Waals surface area contributed by atoms with Gasteiger partial charge in [0.15, 0.2) is 0 Å². The molecule has 2 aromatic heterocycles. The van der Waals surface area contributed by atoms with E-state index in [4.69, 9.17) is 0 Å². The third-order valence-electron chi connectivity index (χ3n) is 13.7. The van der Waals surface area contributed by atoms with Crippen LogP contribution >= 0.6 is 0 Å². The molecule has 0 spiro atoms. The van der Waals surface area contributed by atoms with Crippen LogP contribution in [0, 0.1) is 0 Å². The standard InChI is InChI=1S/C66H45N3/c1-6-18-46(19-7-1)52-40-53(47-20-8-2-9-21-47)42-58(41-52)67(54-22-10-3-11-23-54)57-35-30-48(31-36-57)49-32-37-65-61(43-49)62-45-51(34-39-66(62)69(65)56-26-14-5-15-27-56)50-33-38-64-60(44-50)59-28-16-17-29-63(59)68(64)55-24-12-4-13-25-55/h1-45H. The van der Waals surface area contributed by atoms with Crippen molar-refractivity contribution in [1.29, 1.82) is 0 Å². The molecule has 69 heavy (non-hydrogen) atoms. The molecule has 3 heteroatoms. The van der Waals surface area contributed by atoms with Gasteiger partial charge in [0, 0.05) is 50.0 Å². The number of nitrogens with zero attached hydrogens (tertiary/aromatic N) is 3. The van der Waals surface area contributed by atoms with Crippen molar-refractivity contribution < 1.29 is 0 Å². The van der Waals surface area contributed by atoms with Crippen LogP contribution in [0.4, 0.5) is 17.1 Å². The summed E-state index contributed by atoms with van der Waals surface area (Å²) in [4.78, 5) is 2.37. The molecule has 0 amide bonds. The minimum absolute atomic E-state index is 1.09. The number of para-hydroxylation sites is 4. The second kappa shape index (κ2) is 16.9. The molecule has 13 aromatic rings. The average molecular weight is 880 g/mol. The van der Waals surface area contributed by atoms with E-state index < -0.39 is 0 Å². The lowest BCUT2D eigenvalue weighted by molar-refractivity contribution is 1.18. The number of benzene rings is 11. The van der Waals surface area contributed by atoms with Crippen molar-refractivity contribution in [3.05, 3.63) is 273 Å². The minimum Gasteiger partial charge on any atom is -0.310 e. The first-order chi connectivity index (χ1) is 34.2. The maximum absolute atomic E-state index is 2.41. The molecule has 324 valence electrons. The van der Waals surface area contributed by atoms with Gasteiger partial charge in [-0.1, -0.05) is 164 Å². The van der Waals surface area contributed by atoms with Gasteiger partial charge in [-0.3, -0.25) is 0 Å². The Kier molecular flexibility index (Phi) is 9.84. The van der Waals surface area contributed by atoms with Gasteiger partial charge in [0.25, 0.3) is 0 Å². The van der Waals surface area contributed by atoms with E-state index in [-0.39, 0.29) is 0 Å². The summed E-state index contributed by atoms with van der Waals surface area (Å²) in [5.41, 5.74) is 19.8. The van der Waals surface area contributed by atoms with Crippen LogP contribution in [0.15, 0.2) is 273 Å². The molecule has 0 saturated carbocycles. The SMILES string of the molecule is c1ccc(-c2cc(-c3ccccc3)cc(N(c3ccccc3)c3ccc(-c4ccc5c(c4)c4cc(-c6ccc7c(c6)c6ccccc6n7-c6ccccc6)ccc4n5-c4ccccc4)cc3)c2)cc1. The number of hydrogen-bond donors (Lipinski definition) is 0. The summed E-state index contributed by atoms with van der Waals surface area (Å²) in [5, 5.41) is 4.94. The molecule has 0 bridgehead atoms. The Morgan fingerprint density at radius 3 is 1.04 bits per heavy atom. The largest absolute Gasteiger partial charge is 0.310 e. The molecule has 11 aromatic carbocycles. The molecule has 0 aliphatic heterocycles.